The molecule has 1 aliphatic heterocycles. The van der Waals surface area contributed by atoms with Crippen LogP contribution in [0.5, 0.6) is 5.75 Å². The minimum absolute atomic E-state index is 0.168. The SMILES string of the molecule is Cc1ccc(-c2cccc(C(C)(C)C#N)c2)cc1-n1cc(-c2cncc(OC3CCOCC3)c2)cn1. The van der Waals surface area contributed by atoms with Crippen LogP contribution >= 0.6 is 0 Å². The third kappa shape index (κ3) is 5.02. The Morgan fingerprint density at radius 1 is 0.972 bits per heavy atom. The Bertz CT molecular complexity index is 1410. The van der Waals surface area contributed by atoms with E-state index in [2.05, 4.69) is 53.4 Å². The van der Waals surface area contributed by atoms with Crippen molar-refractivity contribution >= 4 is 0 Å². The molecular weight excluding hydrogens is 448 g/mol. The molecule has 0 saturated carbocycles. The van der Waals surface area contributed by atoms with Gasteiger partial charge in [0.15, 0.2) is 0 Å². The third-order valence-corrected chi connectivity index (χ3v) is 6.75. The molecule has 0 amide bonds. The molecule has 2 aromatic carbocycles. The molecule has 1 aliphatic rings. The highest BCUT2D eigenvalue weighted by Gasteiger charge is 2.20. The molecule has 6 heteroatoms. The van der Waals surface area contributed by atoms with Gasteiger partial charge < -0.3 is 9.47 Å². The van der Waals surface area contributed by atoms with E-state index in [-0.39, 0.29) is 6.10 Å². The lowest BCUT2D eigenvalue weighted by Crippen LogP contribution is -2.25. The van der Waals surface area contributed by atoms with Crippen LogP contribution in [0, 0.1) is 18.3 Å². The number of nitriles is 1. The molecule has 0 atom stereocenters. The molecule has 0 spiro atoms. The number of benzene rings is 2. The predicted molar refractivity (Wildman–Crippen MR) is 140 cm³/mol. The fourth-order valence-corrected chi connectivity index (χ4v) is 4.42. The summed E-state index contributed by atoms with van der Waals surface area (Å²) in [6, 6.07) is 19.0. The molecule has 36 heavy (non-hydrogen) atoms. The van der Waals surface area contributed by atoms with Gasteiger partial charge in [0.05, 0.1) is 42.8 Å². The van der Waals surface area contributed by atoms with E-state index in [9.17, 15) is 5.26 Å². The summed E-state index contributed by atoms with van der Waals surface area (Å²) in [7, 11) is 0. The molecule has 0 N–H and O–H groups in total. The highest BCUT2D eigenvalue weighted by molar-refractivity contribution is 5.69. The van der Waals surface area contributed by atoms with Crippen molar-refractivity contribution in [2.45, 2.75) is 45.1 Å². The zero-order valence-electron chi connectivity index (χ0n) is 20.9. The molecule has 1 fully saturated rings. The number of aryl methyl sites for hydroxylation is 1. The largest absolute Gasteiger partial charge is 0.489 e. The first-order valence-corrected chi connectivity index (χ1v) is 12.3. The minimum atomic E-state index is -0.544. The predicted octanol–water partition coefficient (Wildman–Crippen LogP) is 6.27. The molecule has 0 unspecified atom stereocenters. The highest BCUT2D eigenvalue weighted by Crippen LogP contribution is 2.31. The third-order valence-electron chi connectivity index (χ3n) is 6.75. The van der Waals surface area contributed by atoms with Gasteiger partial charge in [-0.25, -0.2) is 4.68 Å². The summed E-state index contributed by atoms with van der Waals surface area (Å²) in [5.74, 6) is 0.769. The van der Waals surface area contributed by atoms with Crippen LogP contribution in [-0.4, -0.2) is 34.1 Å². The molecule has 0 radical (unpaired) electrons. The number of aromatic nitrogens is 3. The van der Waals surface area contributed by atoms with Gasteiger partial charge in [0.2, 0.25) is 0 Å². The van der Waals surface area contributed by atoms with E-state index in [1.807, 2.05) is 55.3 Å². The molecule has 182 valence electrons. The normalized spacial score (nSPS) is 14.4. The lowest BCUT2D eigenvalue weighted by molar-refractivity contribution is 0.0254. The maximum Gasteiger partial charge on any atom is 0.138 e. The average Bonchev–Trinajstić information content (AvgIpc) is 3.40. The van der Waals surface area contributed by atoms with Crippen molar-refractivity contribution < 1.29 is 9.47 Å². The Hall–Kier alpha value is -3.95. The number of nitrogens with zero attached hydrogens (tertiary/aromatic N) is 4. The first-order valence-electron chi connectivity index (χ1n) is 12.3. The Morgan fingerprint density at radius 3 is 2.58 bits per heavy atom. The average molecular weight is 479 g/mol. The van der Waals surface area contributed by atoms with Crippen molar-refractivity contribution in [2.24, 2.45) is 0 Å². The van der Waals surface area contributed by atoms with E-state index in [1.165, 1.54) is 0 Å². The summed E-state index contributed by atoms with van der Waals surface area (Å²) < 4.78 is 13.5. The monoisotopic (exact) mass is 478 g/mol. The van der Waals surface area contributed by atoms with Crippen molar-refractivity contribution in [1.82, 2.24) is 14.8 Å². The summed E-state index contributed by atoms with van der Waals surface area (Å²) >= 11 is 0. The molecule has 0 bridgehead atoms. The molecule has 2 aromatic heterocycles. The maximum absolute atomic E-state index is 9.55. The lowest BCUT2D eigenvalue weighted by atomic mass is 9.85. The minimum Gasteiger partial charge on any atom is -0.489 e. The topological polar surface area (TPSA) is 73.0 Å². The van der Waals surface area contributed by atoms with E-state index < -0.39 is 5.41 Å². The van der Waals surface area contributed by atoms with Crippen LogP contribution in [-0.2, 0) is 10.2 Å². The summed E-state index contributed by atoms with van der Waals surface area (Å²) in [6.07, 6.45) is 9.45. The van der Waals surface area contributed by atoms with Crippen LogP contribution in [0.25, 0.3) is 27.9 Å². The molecule has 6 nitrogen and oxygen atoms in total. The van der Waals surface area contributed by atoms with Gasteiger partial charge in [-0.3, -0.25) is 4.98 Å². The van der Waals surface area contributed by atoms with E-state index in [0.29, 0.717) is 0 Å². The second kappa shape index (κ2) is 9.96. The highest BCUT2D eigenvalue weighted by atomic mass is 16.5. The summed E-state index contributed by atoms with van der Waals surface area (Å²) in [6.45, 7) is 7.44. The van der Waals surface area contributed by atoms with Gasteiger partial charge in [0, 0.05) is 36.4 Å². The van der Waals surface area contributed by atoms with Crippen LogP contribution < -0.4 is 4.74 Å². The number of rotatable bonds is 6. The van der Waals surface area contributed by atoms with E-state index in [1.54, 1.807) is 6.20 Å². The van der Waals surface area contributed by atoms with Gasteiger partial charge in [0.1, 0.15) is 11.9 Å². The van der Waals surface area contributed by atoms with Crippen molar-refractivity contribution in [3.05, 3.63) is 84.4 Å². The van der Waals surface area contributed by atoms with Gasteiger partial charge in [0.25, 0.3) is 0 Å². The second-order valence-electron chi connectivity index (χ2n) is 9.83. The van der Waals surface area contributed by atoms with E-state index in [4.69, 9.17) is 9.47 Å². The summed E-state index contributed by atoms with van der Waals surface area (Å²) in [4.78, 5) is 4.40. The molecule has 5 rings (SSSR count). The van der Waals surface area contributed by atoms with Crippen molar-refractivity contribution in [3.8, 4) is 39.8 Å². The summed E-state index contributed by atoms with van der Waals surface area (Å²) in [5, 5.41) is 14.2. The number of pyridine rings is 1. The van der Waals surface area contributed by atoms with Crippen LogP contribution in [0.3, 0.4) is 0 Å². The molecule has 1 saturated heterocycles. The van der Waals surface area contributed by atoms with E-state index in [0.717, 1.165) is 70.9 Å². The van der Waals surface area contributed by atoms with Crippen molar-refractivity contribution in [1.29, 1.82) is 5.26 Å². The number of ether oxygens (including phenoxy) is 2. The Labute approximate surface area is 212 Å². The van der Waals surface area contributed by atoms with Crippen molar-refractivity contribution in [2.75, 3.05) is 13.2 Å². The van der Waals surface area contributed by atoms with Gasteiger partial charge in [-0.2, -0.15) is 10.4 Å². The van der Waals surface area contributed by atoms with Crippen molar-refractivity contribution in [3.63, 3.8) is 0 Å². The fourth-order valence-electron chi connectivity index (χ4n) is 4.42. The number of hydrogen-bond acceptors (Lipinski definition) is 5. The quantitative estimate of drug-likeness (QED) is 0.327. The number of hydrogen-bond donors (Lipinski definition) is 0. The fraction of sp³-hybridized carbons (Fsp3) is 0.300. The van der Waals surface area contributed by atoms with Gasteiger partial charge >= 0.3 is 0 Å². The van der Waals surface area contributed by atoms with Gasteiger partial charge in [-0.15, -0.1) is 0 Å². The molecular formula is C30H30N4O2. The Kier molecular flexibility index (Phi) is 6.58. The first kappa shape index (κ1) is 23.8. The first-order chi connectivity index (χ1) is 17.4. The summed E-state index contributed by atoms with van der Waals surface area (Å²) in [5.41, 5.74) is 6.68. The van der Waals surface area contributed by atoms with Crippen LogP contribution in [0.15, 0.2) is 73.3 Å². The maximum atomic E-state index is 9.55. The van der Waals surface area contributed by atoms with Crippen LogP contribution in [0.4, 0.5) is 0 Å². The van der Waals surface area contributed by atoms with Crippen LogP contribution in [0.2, 0.25) is 0 Å². The molecule has 3 heterocycles. The lowest BCUT2D eigenvalue weighted by Gasteiger charge is -2.23. The van der Waals surface area contributed by atoms with E-state index >= 15 is 0 Å². The smallest absolute Gasteiger partial charge is 0.138 e. The Balaban J connectivity index is 1.42. The Morgan fingerprint density at radius 2 is 1.78 bits per heavy atom. The molecule has 4 aromatic rings. The van der Waals surface area contributed by atoms with Crippen LogP contribution in [0.1, 0.15) is 37.8 Å². The zero-order chi connectivity index (χ0) is 25.1. The van der Waals surface area contributed by atoms with Gasteiger partial charge in [-0.1, -0.05) is 30.3 Å². The molecule has 0 aliphatic carbocycles. The zero-order valence-corrected chi connectivity index (χ0v) is 20.9. The standard InChI is InChI=1S/C30H30N4O2/c1-21-7-8-23(22-5-4-6-26(13-22)30(2,3)20-31)15-29(21)34-19-25(17-33-34)24-14-28(18-32-16-24)36-27-9-11-35-12-10-27/h4-8,13-19,27H,9-12H2,1-3H3. The second-order valence-corrected chi connectivity index (χ2v) is 9.83. The van der Waals surface area contributed by atoms with Gasteiger partial charge in [-0.05, 0) is 61.2 Å².